The van der Waals surface area contributed by atoms with Crippen LogP contribution in [0.2, 0.25) is 5.02 Å². The lowest BCUT2D eigenvalue weighted by Gasteiger charge is -2.19. The summed E-state index contributed by atoms with van der Waals surface area (Å²) in [5.41, 5.74) is 5.74. The van der Waals surface area contributed by atoms with Gasteiger partial charge in [-0.3, -0.25) is 14.3 Å². The molecule has 0 amide bonds. The van der Waals surface area contributed by atoms with Gasteiger partial charge in [-0.2, -0.15) is 4.36 Å². The maximum Gasteiger partial charge on any atom is 0.274 e. The van der Waals surface area contributed by atoms with E-state index in [-0.39, 0.29) is 22.3 Å². The standard InChI is InChI=1S/C29H29ClFN3O2S/c1-18(13-21-9-11-23(31)12-10-21)25-14-20(3)34(29(35)28(25)30)27-16-26(32-17-19(27)2)22-7-6-8-24(15-22)33-37(4,5)36/h6-12,14-18H,13H2,1-5H3/t18-/m1/s1. The van der Waals surface area contributed by atoms with Crippen LogP contribution in [0.4, 0.5) is 10.1 Å². The van der Waals surface area contributed by atoms with E-state index in [2.05, 4.69) is 9.35 Å². The summed E-state index contributed by atoms with van der Waals surface area (Å²) in [6.07, 6.45) is 5.53. The first-order chi connectivity index (χ1) is 17.4. The highest BCUT2D eigenvalue weighted by atomic mass is 35.5. The molecule has 0 aliphatic carbocycles. The van der Waals surface area contributed by atoms with E-state index in [1.807, 2.05) is 51.1 Å². The number of nitrogens with zero attached hydrogens (tertiary/aromatic N) is 3. The molecule has 1 atom stereocenters. The van der Waals surface area contributed by atoms with Crippen LogP contribution in [-0.2, 0) is 16.1 Å². The van der Waals surface area contributed by atoms with E-state index < -0.39 is 9.73 Å². The van der Waals surface area contributed by atoms with Crippen molar-refractivity contribution in [3.63, 3.8) is 0 Å². The van der Waals surface area contributed by atoms with Gasteiger partial charge >= 0.3 is 0 Å². The lowest BCUT2D eigenvalue weighted by atomic mass is 9.93. The Balaban J connectivity index is 1.75. The average Bonchev–Trinajstić information content (AvgIpc) is 2.83. The predicted octanol–water partition coefficient (Wildman–Crippen LogP) is 7.01. The molecule has 8 heteroatoms. The summed E-state index contributed by atoms with van der Waals surface area (Å²) in [6, 6.07) is 17.5. The van der Waals surface area contributed by atoms with Crippen molar-refractivity contribution in [1.29, 1.82) is 0 Å². The van der Waals surface area contributed by atoms with E-state index in [1.165, 1.54) is 12.1 Å². The molecule has 37 heavy (non-hydrogen) atoms. The third-order valence-corrected chi connectivity index (χ3v) is 7.16. The number of hydrogen-bond acceptors (Lipinski definition) is 4. The molecular weight excluding hydrogens is 509 g/mol. The fourth-order valence-electron chi connectivity index (χ4n) is 4.36. The van der Waals surface area contributed by atoms with Gasteiger partial charge in [0.2, 0.25) is 0 Å². The van der Waals surface area contributed by atoms with E-state index in [1.54, 1.807) is 41.5 Å². The van der Waals surface area contributed by atoms with Crippen molar-refractivity contribution in [2.45, 2.75) is 33.1 Å². The molecule has 2 aromatic carbocycles. The highest BCUT2D eigenvalue weighted by Crippen LogP contribution is 2.30. The maximum atomic E-state index is 13.5. The number of benzene rings is 2. The quantitative estimate of drug-likeness (QED) is 0.265. The summed E-state index contributed by atoms with van der Waals surface area (Å²) in [5.74, 6) is -0.316. The molecule has 0 saturated carbocycles. The summed E-state index contributed by atoms with van der Waals surface area (Å²) in [7, 11) is -2.31. The SMILES string of the molecule is Cc1cnc(-c2cccc(N=S(C)(C)=O)c2)cc1-n1c(C)cc([C@H](C)Cc2ccc(F)cc2)c(Cl)c1=O. The average molecular weight is 538 g/mol. The molecule has 2 aromatic heterocycles. The normalized spacial score (nSPS) is 12.4. The summed E-state index contributed by atoms with van der Waals surface area (Å²) in [4.78, 5) is 18.1. The van der Waals surface area contributed by atoms with Crippen LogP contribution in [0.25, 0.3) is 16.9 Å². The van der Waals surface area contributed by atoms with Gasteiger partial charge in [-0.05, 0) is 79.3 Å². The van der Waals surface area contributed by atoms with Crippen molar-refractivity contribution in [2.24, 2.45) is 4.36 Å². The van der Waals surface area contributed by atoms with Crippen LogP contribution in [0.3, 0.4) is 0 Å². The van der Waals surface area contributed by atoms with Gasteiger partial charge in [0.25, 0.3) is 5.56 Å². The van der Waals surface area contributed by atoms with Gasteiger partial charge in [-0.25, -0.2) is 8.60 Å². The lowest BCUT2D eigenvalue weighted by Crippen LogP contribution is -2.24. The summed E-state index contributed by atoms with van der Waals surface area (Å²) in [6.45, 7) is 5.78. The Hall–Kier alpha value is -3.29. The van der Waals surface area contributed by atoms with E-state index in [9.17, 15) is 13.4 Å². The number of halogens is 2. The number of pyridine rings is 2. The molecule has 5 nitrogen and oxygen atoms in total. The first-order valence-corrected chi connectivity index (χ1v) is 14.5. The molecule has 0 fully saturated rings. The van der Waals surface area contributed by atoms with E-state index in [0.717, 1.165) is 27.9 Å². The molecule has 0 bridgehead atoms. The van der Waals surface area contributed by atoms with Crippen molar-refractivity contribution >= 4 is 27.0 Å². The molecule has 0 N–H and O–H groups in total. The van der Waals surface area contributed by atoms with E-state index in [4.69, 9.17) is 11.6 Å². The summed E-state index contributed by atoms with van der Waals surface area (Å²) in [5, 5.41) is 0.166. The van der Waals surface area contributed by atoms with Gasteiger partial charge in [-0.1, -0.05) is 42.8 Å². The molecule has 4 aromatic rings. The zero-order chi connectivity index (χ0) is 26.9. The third-order valence-electron chi connectivity index (χ3n) is 6.13. The minimum Gasteiger partial charge on any atom is -0.280 e. The fourth-order valence-corrected chi connectivity index (χ4v) is 5.31. The van der Waals surface area contributed by atoms with Gasteiger partial charge in [0.1, 0.15) is 10.8 Å². The van der Waals surface area contributed by atoms with Gasteiger partial charge in [0, 0.05) is 39.7 Å². The zero-order valence-corrected chi connectivity index (χ0v) is 23.0. The van der Waals surface area contributed by atoms with Gasteiger partial charge < -0.3 is 0 Å². The Morgan fingerprint density at radius 2 is 1.78 bits per heavy atom. The molecule has 4 rings (SSSR count). The highest BCUT2D eigenvalue weighted by molar-refractivity contribution is 7.92. The molecule has 0 saturated heterocycles. The van der Waals surface area contributed by atoms with Gasteiger partial charge in [-0.15, -0.1) is 0 Å². The minimum atomic E-state index is -2.31. The van der Waals surface area contributed by atoms with Crippen LogP contribution < -0.4 is 5.56 Å². The molecule has 0 spiro atoms. The van der Waals surface area contributed by atoms with Gasteiger partial charge in [0.15, 0.2) is 0 Å². The van der Waals surface area contributed by atoms with Crippen molar-refractivity contribution < 1.29 is 8.60 Å². The van der Waals surface area contributed by atoms with Crippen LogP contribution in [-0.4, -0.2) is 26.3 Å². The number of aryl methyl sites for hydroxylation is 2. The molecule has 0 aliphatic heterocycles. The van der Waals surface area contributed by atoms with Crippen LogP contribution >= 0.6 is 11.6 Å². The highest BCUT2D eigenvalue weighted by Gasteiger charge is 2.19. The second-order valence-corrected chi connectivity index (χ2v) is 12.5. The van der Waals surface area contributed by atoms with Crippen molar-refractivity contribution in [3.05, 3.63) is 110 Å². The summed E-state index contributed by atoms with van der Waals surface area (Å²) < 4.78 is 31.3. The zero-order valence-electron chi connectivity index (χ0n) is 21.5. The molecular formula is C29H29ClFN3O2S. The Kier molecular flexibility index (Phi) is 7.67. The van der Waals surface area contributed by atoms with Crippen LogP contribution in [0.15, 0.2) is 76.0 Å². The van der Waals surface area contributed by atoms with Crippen molar-refractivity contribution in [3.8, 4) is 16.9 Å². The van der Waals surface area contributed by atoms with E-state index in [0.29, 0.717) is 23.5 Å². The number of hydrogen-bond donors (Lipinski definition) is 0. The second-order valence-electron chi connectivity index (χ2n) is 9.61. The Bertz CT molecular complexity index is 1650. The lowest BCUT2D eigenvalue weighted by molar-refractivity contribution is 0.626. The molecule has 0 aliphatic rings. The smallest absolute Gasteiger partial charge is 0.274 e. The Labute approximate surface area is 222 Å². The van der Waals surface area contributed by atoms with Crippen LogP contribution in [0, 0.1) is 19.7 Å². The van der Waals surface area contributed by atoms with Crippen LogP contribution in [0.1, 0.15) is 35.2 Å². The minimum absolute atomic E-state index is 0.0352. The Morgan fingerprint density at radius 3 is 2.46 bits per heavy atom. The number of rotatable bonds is 6. The Morgan fingerprint density at radius 1 is 1.08 bits per heavy atom. The fraction of sp³-hybridized carbons (Fsp3) is 0.241. The summed E-state index contributed by atoms with van der Waals surface area (Å²) >= 11 is 6.65. The maximum absolute atomic E-state index is 13.5. The van der Waals surface area contributed by atoms with Crippen molar-refractivity contribution in [1.82, 2.24) is 9.55 Å². The first-order valence-electron chi connectivity index (χ1n) is 11.8. The monoisotopic (exact) mass is 537 g/mol. The largest absolute Gasteiger partial charge is 0.280 e. The molecule has 0 unspecified atom stereocenters. The van der Waals surface area contributed by atoms with Crippen molar-refractivity contribution in [2.75, 3.05) is 12.5 Å². The predicted molar refractivity (Wildman–Crippen MR) is 150 cm³/mol. The molecule has 2 heterocycles. The number of aromatic nitrogens is 2. The van der Waals surface area contributed by atoms with Gasteiger partial charge in [0.05, 0.1) is 17.1 Å². The third kappa shape index (κ3) is 6.17. The first kappa shape index (κ1) is 26.8. The van der Waals surface area contributed by atoms with Crippen LogP contribution in [0.5, 0.6) is 0 Å². The van der Waals surface area contributed by atoms with E-state index >= 15 is 0 Å². The second kappa shape index (κ2) is 10.6. The topological polar surface area (TPSA) is 64.3 Å². The molecule has 192 valence electrons. The molecule has 0 radical (unpaired) electrons.